The number of aromatic nitrogens is 2. The number of nitrogens with one attached hydrogen (secondary N) is 1. The molecule has 1 aliphatic rings. The van der Waals surface area contributed by atoms with Crippen LogP contribution in [0.15, 0.2) is 12.4 Å². The van der Waals surface area contributed by atoms with Gasteiger partial charge in [0.15, 0.2) is 5.82 Å². The van der Waals surface area contributed by atoms with Crippen molar-refractivity contribution in [3.05, 3.63) is 18.1 Å². The Kier molecular flexibility index (Phi) is 4.09. The van der Waals surface area contributed by atoms with Crippen molar-refractivity contribution in [2.45, 2.75) is 12.8 Å². The van der Waals surface area contributed by atoms with Gasteiger partial charge in [-0.3, -0.25) is 5.41 Å². The van der Waals surface area contributed by atoms with E-state index in [1.807, 2.05) is 11.9 Å². The molecule has 1 saturated carbocycles. The molecule has 1 aromatic rings. The van der Waals surface area contributed by atoms with Crippen LogP contribution in [0.2, 0.25) is 0 Å². The number of nitrogens with zero attached hydrogens (tertiary/aromatic N) is 3. The second kappa shape index (κ2) is 5.77. The second-order valence-corrected chi connectivity index (χ2v) is 4.58. The van der Waals surface area contributed by atoms with Crippen molar-refractivity contribution < 1.29 is 4.74 Å². The first-order valence-electron chi connectivity index (χ1n) is 6.12. The van der Waals surface area contributed by atoms with Crippen molar-refractivity contribution in [2.75, 3.05) is 31.7 Å². The van der Waals surface area contributed by atoms with E-state index in [0.717, 1.165) is 12.5 Å². The van der Waals surface area contributed by atoms with Gasteiger partial charge >= 0.3 is 0 Å². The van der Waals surface area contributed by atoms with E-state index in [0.29, 0.717) is 24.7 Å². The van der Waals surface area contributed by atoms with Gasteiger partial charge in [0, 0.05) is 32.6 Å². The lowest BCUT2D eigenvalue weighted by Crippen LogP contribution is -2.28. The molecule has 1 aromatic heterocycles. The number of hydrogen-bond acceptors (Lipinski definition) is 5. The molecule has 0 amide bonds. The highest BCUT2D eigenvalue weighted by Crippen LogP contribution is 2.28. The Morgan fingerprint density at radius 1 is 1.50 bits per heavy atom. The highest BCUT2D eigenvalue weighted by atomic mass is 16.5. The van der Waals surface area contributed by atoms with E-state index in [2.05, 4.69) is 9.97 Å². The van der Waals surface area contributed by atoms with E-state index < -0.39 is 0 Å². The molecule has 1 heterocycles. The third kappa shape index (κ3) is 3.40. The van der Waals surface area contributed by atoms with Gasteiger partial charge in [-0.25, -0.2) is 9.97 Å². The number of anilines is 1. The zero-order chi connectivity index (χ0) is 13.0. The van der Waals surface area contributed by atoms with Crippen molar-refractivity contribution in [2.24, 2.45) is 11.7 Å². The average molecular weight is 249 g/mol. The van der Waals surface area contributed by atoms with Crippen LogP contribution < -0.4 is 10.6 Å². The smallest absolute Gasteiger partial charge is 0.158 e. The normalized spacial score (nSPS) is 14.5. The summed E-state index contributed by atoms with van der Waals surface area (Å²) in [5.74, 6) is 1.34. The molecule has 3 N–H and O–H groups in total. The van der Waals surface area contributed by atoms with E-state index in [1.165, 1.54) is 19.0 Å². The van der Waals surface area contributed by atoms with Crippen molar-refractivity contribution >= 4 is 11.7 Å². The predicted molar refractivity (Wildman–Crippen MR) is 69.9 cm³/mol. The van der Waals surface area contributed by atoms with E-state index in [1.54, 1.807) is 6.20 Å². The highest BCUT2D eigenvalue weighted by molar-refractivity contribution is 5.97. The third-order valence-electron chi connectivity index (χ3n) is 2.92. The van der Waals surface area contributed by atoms with Gasteiger partial charge in [0.05, 0.1) is 6.61 Å². The minimum atomic E-state index is -0.0659. The molecule has 6 heteroatoms. The zero-order valence-electron chi connectivity index (χ0n) is 10.6. The number of nitrogen functional groups attached to an aromatic ring is 1. The standard InChI is InChI=1S/C12H19N5O/c1-17(6-7-18-8-9-2-3-9)12-10(11(13)14)15-4-5-16-12/h4-5,9H,2-3,6-8H2,1H3,(H3,13,14). The quantitative estimate of drug-likeness (QED) is 0.420. The molecule has 0 aliphatic heterocycles. The van der Waals surface area contributed by atoms with Gasteiger partial charge in [-0.05, 0) is 18.8 Å². The molecule has 1 fully saturated rings. The molecule has 0 spiro atoms. The van der Waals surface area contributed by atoms with Crippen LogP contribution in [0.25, 0.3) is 0 Å². The second-order valence-electron chi connectivity index (χ2n) is 4.58. The summed E-state index contributed by atoms with van der Waals surface area (Å²) in [6.07, 6.45) is 5.74. The molecular formula is C12H19N5O. The van der Waals surface area contributed by atoms with Gasteiger partial charge in [-0.15, -0.1) is 0 Å². The molecule has 0 saturated heterocycles. The molecule has 1 aliphatic carbocycles. The van der Waals surface area contributed by atoms with E-state index in [4.69, 9.17) is 15.9 Å². The monoisotopic (exact) mass is 249 g/mol. The summed E-state index contributed by atoms with van der Waals surface area (Å²) in [6.45, 7) is 2.22. The van der Waals surface area contributed by atoms with Gasteiger partial charge in [-0.1, -0.05) is 0 Å². The zero-order valence-corrected chi connectivity index (χ0v) is 10.6. The minimum absolute atomic E-state index is 0.0659. The highest BCUT2D eigenvalue weighted by Gasteiger charge is 2.21. The Bertz CT molecular complexity index is 419. The summed E-state index contributed by atoms with van der Waals surface area (Å²) in [7, 11) is 1.90. The largest absolute Gasteiger partial charge is 0.382 e. The average Bonchev–Trinajstić information content (AvgIpc) is 3.18. The fraction of sp³-hybridized carbons (Fsp3) is 0.583. The molecule has 0 bridgehead atoms. The van der Waals surface area contributed by atoms with Crippen molar-refractivity contribution in [3.63, 3.8) is 0 Å². The molecule has 0 aromatic carbocycles. The van der Waals surface area contributed by atoms with Gasteiger partial charge in [0.1, 0.15) is 11.5 Å². The maximum atomic E-state index is 7.46. The summed E-state index contributed by atoms with van der Waals surface area (Å²) in [6, 6.07) is 0. The topological polar surface area (TPSA) is 88.1 Å². The van der Waals surface area contributed by atoms with Crippen LogP contribution in [-0.4, -0.2) is 42.6 Å². The number of likely N-dealkylation sites (N-methyl/N-ethyl adjacent to an activating group) is 1. The molecule has 2 rings (SSSR count). The molecule has 0 atom stereocenters. The van der Waals surface area contributed by atoms with E-state index in [9.17, 15) is 0 Å². The molecule has 6 nitrogen and oxygen atoms in total. The fourth-order valence-corrected chi connectivity index (χ4v) is 1.64. The maximum absolute atomic E-state index is 7.46. The number of amidine groups is 1. The van der Waals surface area contributed by atoms with Gasteiger partial charge in [0.2, 0.25) is 0 Å². The van der Waals surface area contributed by atoms with Crippen LogP contribution in [0.1, 0.15) is 18.5 Å². The van der Waals surface area contributed by atoms with Crippen molar-refractivity contribution in [3.8, 4) is 0 Å². The number of nitrogens with two attached hydrogens (primary N) is 1. The number of hydrogen-bond donors (Lipinski definition) is 2. The van der Waals surface area contributed by atoms with Crippen LogP contribution in [0, 0.1) is 11.3 Å². The first kappa shape index (κ1) is 12.8. The van der Waals surface area contributed by atoms with Gasteiger partial charge in [0.25, 0.3) is 0 Å². The first-order chi connectivity index (χ1) is 8.68. The lowest BCUT2D eigenvalue weighted by atomic mass is 10.3. The maximum Gasteiger partial charge on any atom is 0.158 e. The third-order valence-corrected chi connectivity index (χ3v) is 2.92. The molecule has 98 valence electrons. The Morgan fingerprint density at radius 2 is 2.22 bits per heavy atom. The van der Waals surface area contributed by atoms with Crippen LogP contribution in [0.3, 0.4) is 0 Å². The van der Waals surface area contributed by atoms with Gasteiger partial charge in [-0.2, -0.15) is 0 Å². The van der Waals surface area contributed by atoms with Crippen LogP contribution in [0.5, 0.6) is 0 Å². The summed E-state index contributed by atoms with van der Waals surface area (Å²) < 4.78 is 5.58. The Balaban J connectivity index is 1.86. The lowest BCUT2D eigenvalue weighted by molar-refractivity contribution is 0.131. The van der Waals surface area contributed by atoms with Crippen LogP contribution >= 0.6 is 0 Å². The molecule has 18 heavy (non-hydrogen) atoms. The Hall–Kier alpha value is -1.69. The molecule has 0 radical (unpaired) electrons. The van der Waals surface area contributed by atoms with Crippen molar-refractivity contribution in [1.82, 2.24) is 9.97 Å². The van der Waals surface area contributed by atoms with Crippen molar-refractivity contribution in [1.29, 1.82) is 5.41 Å². The van der Waals surface area contributed by atoms with E-state index >= 15 is 0 Å². The first-order valence-corrected chi connectivity index (χ1v) is 6.12. The minimum Gasteiger partial charge on any atom is -0.382 e. The molecular weight excluding hydrogens is 230 g/mol. The number of ether oxygens (including phenoxy) is 1. The SMILES string of the molecule is CN(CCOCC1CC1)c1nccnc1C(=N)N. The number of rotatable bonds is 7. The Labute approximate surface area is 107 Å². The summed E-state index contributed by atoms with van der Waals surface area (Å²) in [5, 5.41) is 7.46. The summed E-state index contributed by atoms with van der Waals surface area (Å²) in [4.78, 5) is 10.2. The van der Waals surface area contributed by atoms with E-state index in [-0.39, 0.29) is 5.84 Å². The predicted octanol–water partition coefficient (Wildman–Crippen LogP) is 0.623. The summed E-state index contributed by atoms with van der Waals surface area (Å²) in [5.41, 5.74) is 5.90. The van der Waals surface area contributed by atoms with Gasteiger partial charge < -0.3 is 15.4 Å². The lowest BCUT2D eigenvalue weighted by Gasteiger charge is -2.19. The fourth-order valence-electron chi connectivity index (χ4n) is 1.64. The van der Waals surface area contributed by atoms with Crippen LogP contribution in [-0.2, 0) is 4.74 Å². The Morgan fingerprint density at radius 3 is 2.89 bits per heavy atom. The van der Waals surface area contributed by atoms with Crippen LogP contribution in [0.4, 0.5) is 5.82 Å². The summed E-state index contributed by atoms with van der Waals surface area (Å²) >= 11 is 0. The molecule has 0 unspecified atom stereocenters.